The van der Waals surface area contributed by atoms with Gasteiger partial charge in [0.25, 0.3) is 0 Å². The number of esters is 1. The van der Waals surface area contributed by atoms with Crippen LogP contribution in [0.1, 0.15) is 17.3 Å². The number of ether oxygens (including phenoxy) is 1. The molecule has 1 N–H and O–H groups in total. The second-order valence-corrected chi connectivity index (χ2v) is 7.29. The van der Waals surface area contributed by atoms with Crippen LogP contribution in [-0.4, -0.2) is 36.6 Å². The highest BCUT2D eigenvalue weighted by molar-refractivity contribution is 5.94. The van der Waals surface area contributed by atoms with E-state index in [4.69, 9.17) is 4.74 Å². The van der Waals surface area contributed by atoms with Gasteiger partial charge in [-0.15, -0.1) is 0 Å². The lowest BCUT2D eigenvalue weighted by Crippen LogP contribution is -2.25. The molecule has 0 atom stereocenters. The number of nitrogens with one attached hydrogen (secondary N) is 1. The highest BCUT2D eigenvalue weighted by Gasteiger charge is 2.28. The van der Waals surface area contributed by atoms with Gasteiger partial charge in [-0.1, -0.05) is 0 Å². The summed E-state index contributed by atoms with van der Waals surface area (Å²) in [7, 11) is 1.35. The Morgan fingerprint density at radius 2 is 1.75 bits per heavy atom. The van der Waals surface area contributed by atoms with Gasteiger partial charge in [-0.2, -0.15) is 0 Å². The van der Waals surface area contributed by atoms with Crippen molar-refractivity contribution in [3.63, 3.8) is 0 Å². The largest absolute Gasteiger partial charge is 0.462 e. The van der Waals surface area contributed by atoms with Crippen molar-refractivity contribution in [2.45, 2.75) is 6.92 Å². The van der Waals surface area contributed by atoms with Crippen molar-refractivity contribution in [2.24, 2.45) is 7.05 Å². The highest BCUT2D eigenvalue weighted by atomic mass is 19.2. The number of halogens is 3. The van der Waals surface area contributed by atoms with Crippen molar-refractivity contribution in [3.8, 4) is 0 Å². The van der Waals surface area contributed by atoms with Gasteiger partial charge in [-0.05, 0) is 13.0 Å². The number of fused-ring (bicyclic) bond motifs is 2. The van der Waals surface area contributed by atoms with Crippen molar-refractivity contribution < 1.29 is 32.5 Å². The van der Waals surface area contributed by atoms with Gasteiger partial charge in [0.15, 0.2) is 17.5 Å². The third-order valence-corrected chi connectivity index (χ3v) is 5.21. The molecule has 0 bridgehead atoms. The lowest BCUT2D eigenvalue weighted by Gasteiger charge is -2.16. The molecule has 13 nitrogen and oxygen atoms in total. The first-order valence-electron chi connectivity index (χ1n) is 9.92. The summed E-state index contributed by atoms with van der Waals surface area (Å²) in [6.07, 6.45) is 0.785. The second kappa shape index (κ2) is 8.64. The van der Waals surface area contributed by atoms with E-state index < -0.39 is 66.5 Å². The van der Waals surface area contributed by atoms with Crippen LogP contribution >= 0.6 is 0 Å². The number of imidazole rings is 1. The number of hydrogen-bond donors (Lipinski definition) is 1. The zero-order valence-electron chi connectivity index (χ0n) is 18.2. The third kappa shape index (κ3) is 3.73. The third-order valence-electron chi connectivity index (χ3n) is 5.21. The number of pyridine rings is 1. The molecular weight excluding hydrogens is 493 g/mol. The minimum atomic E-state index is -1.89. The average molecular weight is 506 g/mol. The van der Waals surface area contributed by atoms with E-state index in [1.165, 1.54) is 18.5 Å². The Kier molecular flexibility index (Phi) is 5.79. The van der Waals surface area contributed by atoms with E-state index in [0.29, 0.717) is 10.7 Å². The number of benzene rings is 2. The van der Waals surface area contributed by atoms with Crippen LogP contribution in [0.4, 0.5) is 30.5 Å². The molecule has 2 heterocycles. The van der Waals surface area contributed by atoms with Crippen LogP contribution < -0.4 is 10.9 Å². The highest BCUT2D eigenvalue weighted by Crippen LogP contribution is 2.33. The van der Waals surface area contributed by atoms with Crippen molar-refractivity contribution in [1.82, 2.24) is 14.2 Å². The number of aryl methyl sites for hydroxylation is 1. The number of rotatable bonds is 6. The summed E-state index contributed by atoms with van der Waals surface area (Å²) < 4.78 is 49.4. The van der Waals surface area contributed by atoms with Gasteiger partial charge in [-0.3, -0.25) is 35.1 Å². The fourth-order valence-electron chi connectivity index (χ4n) is 3.55. The smallest absolute Gasteiger partial charge is 0.348 e. The van der Waals surface area contributed by atoms with E-state index in [9.17, 15) is 43.0 Å². The summed E-state index contributed by atoms with van der Waals surface area (Å²) in [6.45, 7) is 1.33. The predicted octanol–water partition coefficient (Wildman–Crippen LogP) is 3.17. The summed E-state index contributed by atoms with van der Waals surface area (Å²) in [5.74, 6) is -6.66. The SMILES string of the molecule is CCOC(=O)c1cn(Nc2nc3cc([N+](=O)[O-])c([N+](=O)[O-])cc3n2C)c2c(F)c(F)c(F)cc2c1=O. The minimum Gasteiger partial charge on any atom is -0.462 e. The lowest BCUT2D eigenvalue weighted by atomic mass is 10.1. The van der Waals surface area contributed by atoms with Crippen molar-refractivity contribution >= 4 is 45.2 Å². The molecule has 36 heavy (non-hydrogen) atoms. The molecule has 0 saturated carbocycles. The molecule has 0 aliphatic carbocycles. The number of carbonyl (C=O) groups excluding carboxylic acids is 1. The second-order valence-electron chi connectivity index (χ2n) is 7.29. The molecule has 186 valence electrons. The molecule has 4 rings (SSSR count). The van der Waals surface area contributed by atoms with Crippen molar-refractivity contribution in [1.29, 1.82) is 0 Å². The Morgan fingerprint density at radius 3 is 2.36 bits per heavy atom. The zero-order valence-corrected chi connectivity index (χ0v) is 18.2. The molecule has 16 heteroatoms. The zero-order chi connectivity index (χ0) is 26.5. The standard InChI is InChI=1S/C20H13F3N6O7/c1-3-36-19(31)9-7-27(17-8(18(9)30)4-10(21)15(22)16(17)23)25-20-24-11-5-13(28(32)33)14(29(34)35)6-12(11)26(20)2/h4-7H,3H2,1-2H3,(H,24,25). The molecule has 0 unspecified atom stereocenters. The van der Waals surface area contributed by atoms with Crippen LogP contribution in [0.3, 0.4) is 0 Å². The molecule has 0 aliphatic rings. The summed E-state index contributed by atoms with van der Waals surface area (Å²) in [4.78, 5) is 49.7. The van der Waals surface area contributed by atoms with Crippen LogP contribution in [0.2, 0.25) is 0 Å². The fourth-order valence-corrected chi connectivity index (χ4v) is 3.55. The van der Waals surface area contributed by atoms with Gasteiger partial charge in [0.1, 0.15) is 11.1 Å². The van der Waals surface area contributed by atoms with Gasteiger partial charge in [-0.25, -0.2) is 22.9 Å². The van der Waals surface area contributed by atoms with Gasteiger partial charge in [0, 0.05) is 19.3 Å². The minimum absolute atomic E-state index is 0.0449. The first-order valence-corrected chi connectivity index (χ1v) is 9.92. The molecule has 0 saturated heterocycles. The van der Waals surface area contributed by atoms with Crippen LogP contribution in [0.15, 0.2) is 29.2 Å². The maximum absolute atomic E-state index is 14.8. The first-order chi connectivity index (χ1) is 17.0. The Morgan fingerprint density at radius 1 is 1.11 bits per heavy atom. The van der Waals surface area contributed by atoms with E-state index in [0.717, 1.165) is 18.3 Å². The van der Waals surface area contributed by atoms with Gasteiger partial charge < -0.3 is 9.30 Å². The number of nitro benzene ring substituents is 2. The summed E-state index contributed by atoms with van der Waals surface area (Å²) in [5, 5.41) is 21.8. The predicted molar refractivity (Wildman–Crippen MR) is 117 cm³/mol. The number of nitro groups is 2. The average Bonchev–Trinajstić information content (AvgIpc) is 3.12. The number of hydrogen-bond acceptors (Lipinski definition) is 9. The summed E-state index contributed by atoms with van der Waals surface area (Å²) in [6, 6.07) is 2.16. The molecule has 0 aliphatic heterocycles. The Balaban J connectivity index is 1.99. The fraction of sp³-hybridized carbons (Fsp3) is 0.150. The lowest BCUT2D eigenvalue weighted by molar-refractivity contribution is -0.422. The van der Waals surface area contributed by atoms with E-state index in [1.807, 2.05) is 0 Å². The van der Waals surface area contributed by atoms with Gasteiger partial charge >= 0.3 is 17.3 Å². The Labute approximate surface area is 196 Å². The molecule has 0 fully saturated rings. The van der Waals surface area contributed by atoms with Gasteiger partial charge in [0.2, 0.25) is 11.4 Å². The number of nitrogens with zero attached hydrogens (tertiary/aromatic N) is 5. The van der Waals surface area contributed by atoms with Crippen molar-refractivity contribution in [3.05, 3.63) is 77.9 Å². The maximum atomic E-state index is 14.8. The van der Waals surface area contributed by atoms with E-state index in [2.05, 4.69) is 10.4 Å². The normalized spacial score (nSPS) is 11.1. The summed E-state index contributed by atoms with van der Waals surface area (Å²) >= 11 is 0. The monoisotopic (exact) mass is 506 g/mol. The van der Waals surface area contributed by atoms with Gasteiger partial charge in [0.05, 0.1) is 38.9 Å². The molecule has 2 aromatic heterocycles. The molecule has 0 amide bonds. The van der Waals surface area contributed by atoms with E-state index >= 15 is 0 Å². The van der Waals surface area contributed by atoms with E-state index in [1.54, 1.807) is 0 Å². The summed E-state index contributed by atoms with van der Waals surface area (Å²) in [5.41, 5.74) is -1.73. The van der Waals surface area contributed by atoms with Crippen LogP contribution in [0, 0.1) is 37.7 Å². The quantitative estimate of drug-likeness (QED) is 0.179. The van der Waals surface area contributed by atoms with Crippen LogP contribution in [0.25, 0.3) is 21.9 Å². The Hall–Kier alpha value is -5.02. The molecule has 0 spiro atoms. The number of anilines is 1. The first kappa shape index (κ1) is 24.1. The number of aromatic nitrogens is 3. The molecule has 4 aromatic rings. The van der Waals surface area contributed by atoms with Crippen LogP contribution in [0.5, 0.6) is 0 Å². The van der Waals surface area contributed by atoms with Crippen LogP contribution in [-0.2, 0) is 11.8 Å². The molecular formula is C20H13F3N6O7. The number of carbonyl (C=O) groups is 1. The molecule has 2 aromatic carbocycles. The molecule has 0 radical (unpaired) electrons. The maximum Gasteiger partial charge on any atom is 0.348 e. The van der Waals surface area contributed by atoms with Crippen molar-refractivity contribution in [2.75, 3.05) is 12.0 Å². The Bertz CT molecular complexity index is 1680. The topological polar surface area (TPSA) is 164 Å². The van der Waals surface area contributed by atoms with E-state index in [-0.39, 0.29) is 23.6 Å².